The van der Waals surface area contributed by atoms with Gasteiger partial charge in [0.05, 0.1) is 6.10 Å². The molecule has 0 radical (unpaired) electrons. The quantitative estimate of drug-likeness (QED) is 0.802. The predicted molar refractivity (Wildman–Crippen MR) is 81.2 cm³/mol. The molecule has 1 aliphatic carbocycles. The summed E-state index contributed by atoms with van der Waals surface area (Å²) in [5.41, 5.74) is 2.45. The highest BCUT2D eigenvalue weighted by Gasteiger charge is 2.26. The molecule has 1 atom stereocenters. The van der Waals surface area contributed by atoms with Crippen molar-refractivity contribution < 1.29 is 5.11 Å². The minimum Gasteiger partial charge on any atom is -0.388 e. The zero-order valence-electron chi connectivity index (χ0n) is 12.6. The highest BCUT2D eigenvalue weighted by Crippen LogP contribution is 2.38. The van der Waals surface area contributed by atoms with Crippen LogP contribution in [0.3, 0.4) is 0 Å². The van der Waals surface area contributed by atoms with Gasteiger partial charge in [-0.2, -0.15) is 0 Å². The number of aliphatic hydroxyl groups is 1. The molecule has 1 unspecified atom stereocenters. The molecule has 1 aromatic rings. The maximum absolute atomic E-state index is 10.5. The maximum atomic E-state index is 10.5. The Bertz CT molecular complexity index is 371. The van der Waals surface area contributed by atoms with Gasteiger partial charge in [-0.15, -0.1) is 0 Å². The number of hydrogen-bond acceptors (Lipinski definition) is 1. The molecule has 1 heteroatoms. The lowest BCUT2D eigenvalue weighted by Gasteiger charge is -2.31. The second kappa shape index (κ2) is 6.56. The number of benzene rings is 1. The Hall–Kier alpha value is -0.820. The fourth-order valence-corrected chi connectivity index (χ4v) is 3.26. The van der Waals surface area contributed by atoms with Crippen LogP contribution in [0.1, 0.15) is 76.0 Å². The van der Waals surface area contributed by atoms with E-state index < -0.39 is 0 Å². The molecule has 1 nitrogen and oxygen atoms in total. The molecule has 1 aliphatic rings. The van der Waals surface area contributed by atoms with Gasteiger partial charge in [0.25, 0.3) is 0 Å². The largest absolute Gasteiger partial charge is 0.388 e. The van der Waals surface area contributed by atoms with Crippen molar-refractivity contribution in [3.63, 3.8) is 0 Å². The monoisotopic (exact) mass is 260 g/mol. The van der Waals surface area contributed by atoms with Crippen molar-refractivity contribution in [1.82, 2.24) is 0 Å². The van der Waals surface area contributed by atoms with E-state index in [-0.39, 0.29) is 6.10 Å². The summed E-state index contributed by atoms with van der Waals surface area (Å²) in [5, 5.41) is 10.5. The van der Waals surface area contributed by atoms with Crippen LogP contribution in [0, 0.1) is 11.8 Å². The van der Waals surface area contributed by atoms with Gasteiger partial charge in [-0.05, 0) is 41.7 Å². The van der Waals surface area contributed by atoms with Crippen LogP contribution in [-0.4, -0.2) is 5.11 Å². The van der Waals surface area contributed by atoms with Gasteiger partial charge in [0.15, 0.2) is 0 Å². The highest BCUT2D eigenvalue weighted by molar-refractivity contribution is 5.26. The fraction of sp³-hybridized carbons (Fsp3) is 0.667. The van der Waals surface area contributed by atoms with Crippen molar-refractivity contribution in [2.24, 2.45) is 11.8 Å². The van der Waals surface area contributed by atoms with Crippen LogP contribution in [0.4, 0.5) is 0 Å². The molecular formula is C18H28O. The summed E-state index contributed by atoms with van der Waals surface area (Å²) in [5.74, 6) is 1.92. The van der Waals surface area contributed by atoms with Gasteiger partial charge < -0.3 is 5.11 Å². The van der Waals surface area contributed by atoms with E-state index in [1.165, 1.54) is 37.7 Å². The average molecular weight is 260 g/mol. The van der Waals surface area contributed by atoms with Gasteiger partial charge in [0.1, 0.15) is 0 Å². The molecule has 2 rings (SSSR count). The van der Waals surface area contributed by atoms with E-state index >= 15 is 0 Å². The van der Waals surface area contributed by atoms with Crippen LogP contribution < -0.4 is 0 Å². The van der Waals surface area contributed by atoms with Crippen molar-refractivity contribution in [1.29, 1.82) is 0 Å². The van der Waals surface area contributed by atoms with Gasteiger partial charge in [-0.3, -0.25) is 0 Å². The number of hydrogen-bond donors (Lipinski definition) is 1. The molecular weight excluding hydrogens is 232 g/mol. The smallest absolute Gasteiger partial charge is 0.0818 e. The summed E-state index contributed by atoms with van der Waals surface area (Å²) in [6.07, 6.45) is 5.99. The molecule has 0 bridgehead atoms. The summed E-state index contributed by atoms with van der Waals surface area (Å²) >= 11 is 0. The molecule has 0 saturated heterocycles. The SMILES string of the molecule is CCC1CCC(C(O)c2ccc(C(C)C)cc2)CC1. The van der Waals surface area contributed by atoms with Gasteiger partial charge in [-0.25, -0.2) is 0 Å². The van der Waals surface area contributed by atoms with Crippen LogP contribution in [0.5, 0.6) is 0 Å². The molecule has 106 valence electrons. The summed E-state index contributed by atoms with van der Waals surface area (Å²) in [4.78, 5) is 0. The third kappa shape index (κ3) is 3.60. The maximum Gasteiger partial charge on any atom is 0.0818 e. The second-order valence-electron chi connectivity index (χ2n) is 6.46. The van der Waals surface area contributed by atoms with Crippen LogP contribution in [0.2, 0.25) is 0 Å². The first-order valence-electron chi connectivity index (χ1n) is 7.89. The normalized spacial score (nSPS) is 25.5. The van der Waals surface area contributed by atoms with E-state index in [2.05, 4.69) is 45.0 Å². The van der Waals surface area contributed by atoms with Crippen molar-refractivity contribution in [2.75, 3.05) is 0 Å². The van der Waals surface area contributed by atoms with Gasteiger partial charge in [-0.1, -0.05) is 64.3 Å². The summed E-state index contributed by atoms with van der Waals surface area (Å²) < 4.78 is 0. The zero-order valence-corrected chi connectivity index (χ0v) is 12.6. The first kappa shape index (κ1) is 14.6. The third-order valence-corrected chi connectivity index (χ3v) is 4.86. The van der Waals surface area contributed by atoms with E-state index in [0.29, 0.717) is 11.8 Å². The van der Waals surface area contributed by atoms with E-state index in [4.69, 9.17) is 0 Å². The molecule has 1 fully saturated rings. The lowest BCUT2D eigenvalue weighted by molar-refractivity contribution is 0.0729. The first-order valence-corrected chi connectivity index (χ1v) is 7.89. The molecule has 19 heavy (non-hydrogen) atoms. The zero-order chi connectivity index (χ0) is 13.8. The lowest BCUT2D eigenvalue weighted by Crippen LogP contribution is -2.20. The van der Waals surface area contributed by atoms with Crippen LogP contribution in [-0.2, 0) is 0 Å². The van der Waals surface area contributed by atoms with Gasteiger partial charge >= 0.3 is 0 Å². The van der Waals surface area contributed by atoms with Crippen molar-refractivity contribution >= 4 is 0 Å². The Morgan fingerprint density at radius 2 is 1.53 bits per heavy atom. The van der Waals surface area contributed by atoms with Crippen LogP contribution >= 0.6 is 0 Å². The molecule has 0 aromatic heterocycles. The Morgan fingerprint density at radius 1 is 1.00 bits per heavy atom. The topological polar surface area (TPSA) is 20.2 Å². The average Bonchev–Trinajstić information content (AvgIpc) is 2.46. The van der Waals surface area contributed by atoms with Gasteiger partial charge in [0, 0.05) is 0 Å². The Balaban J connectivity index is 1.97. The molecule has 1 N–H and O–H groups in total. The van der Waals surface area contributed by atoms with Crippen molar-refractivity contribution in [3.05, 3.63) is 35.4 Å². The molecule has 1 aromatic carbocycles. The van der Waals surface area contributed by atoms with Crippen LogP contribution in [0.25, 0.3) is 0 Å². The highest BCUT2D eigenvalue weighted by atomic mass is 16.3. The third-order valence-electron chi connectivity index (χ3n) is 4.86. The van der Waals surface area contributed by atoms with Gasteiger partial charge in [0.2, 0.25) is 0 Å². The van der Waals surface area contributed by atoms with Crippen molar-refractivity contribution in [2.45, 2.75) is 64.9 Å². The molecule has 0 amide bonds. The fourth-order valence-electron chi connectivity index (χ4n) is 3.26. The summed E-state index contributed by atoms with van der Waals surface area (Å²) in [6, 6.07) is 8.57. The minimum atomic E-state index is -0.265. The molecule has 0 heterocycles. The summed E-state index contributed by atoms with van der Waals surface area (Å²) in [6.45, 7) is 6.70. The molecule has 1 saturated carbocycles. The standard InChI is InChI=1S/C18H28O/c1-4-14-5-7-16(8-6-14)18(19)17-11-9-15(10-12-17)13(2)3/h9-14,16,18-19H,4-8H2,1-3H3. The number of rotatable bonds is 4. The van der Waals surface area contributed by atoms with Crippen LogP contribution in [0.15, 0.2) is 24.3 Å². The number of aliphatic hydroxyl groups excluding tert-OH is 1. The first-order chi connectivity index (χ1) is 9.11. The Morgan fingerprint density at radius 3 is 2.00 bits per heavy atom. The second-order valence-corrected chi connectivity index (χ2v) is 6.46. The lowest BCUT2D eigenvalue weighted by atomic mass is 9.77. The van der Waals surface area contributed by atoms with E-state index in [1.807, 2.05) is 0 Å². The van der Waals surface area contributed by atoms with Crippen molar-refractivity contribution in [3.8, 4) is 0 Å². The van der Waals surface area contributed by atoms with E-state index in [9.17, 15) is 5.11 Å². The summed E-state index contributed by atoms with van der Waals surface area (Å²) in [7, 11) is 0. The minimum absolute atomic E-state index is 0.265. The predicted octanol–water partition coefficient (Wildman–Crippen LogP) is 5.06. The van der Waals surface area contributed by atoms with E-state index in [0.717, 1.165) is 11.5 Å². The molecule has 0 aliphatic heterocycles. The van der Waals surface area contributed by atoms with E-state index in [1.54, 1.807) is 0 Å². The Kier molecular flexibility index (Phi) is 5.04. The Labute approximate surface area is 118 Å². The molecule has 0 spiro atoms.